The Kier molecular flexibility index (Phi) is 11.2. The van der Waals surface area contributed by atoms with Crippen molar-refractivity contribution in [1.82, 2.24) is 0 Å². The van der Waals surface area contributed by atoms with Gasteiger partial charge in [0.2, 0.25) is 0 Å². The summed E-state index contributed by atoms with van der Waals surface area (Å²) >= 11 is 12.6. The van der Waals surface area contributed by atoms with Gasteiger partial charge in [0.25, 0.3) is 0 Å². The quantitative estimate of drug-likeness (QED) is 0.466. The summed E-state index contributed by atoms with van der Waals surface area (Å²) in [6.07, 6.45) is 7.86. The Morgan fingerprint density at radius 3 is 2.20 bits per heavy atom. The van der Waals surface area contributed by atoms with Crippen molar-refractivity contribution >= 4 is 23.2 Å². The highest BCUT2D eigenvalue weighted by molar-refractivity contribution is 6.24. The lowest BCUT2D eigenvalue weighted by molar-refractivity contribution is 0.0282. The van der Waals surface area contributed by atoms with Crippen molar-refractivity contribution in [2.45, 2.75) is 55.7 Å². The maximum Gasteiger partial charge on any atom is 0.0700 e. The lowest BCUT2D eigenvalue weighted by Crippen LogP contribution is -2.33. The fourth-order valence-electron chi connectivity index (χ4n) is 2.51. The van der Waals surface area contributed by atoms with Gasteiger partial charge >= 0.3 is 0 Å². The third-order valence-electron chi connectivity index (χ3n) is 3.81. The van der Waals surface area contributed by atoms with Crippen molar-refractivity contribution in [2.75, 3.05) is 33.0 Å². The molecule has 120 valence electrons. The second-order valence-electron chi connectivity index (χ2n) is 5.52. The molecule has 0 saturated heterocycles. The molecule has 0 bridgehead atoms. The fourth-order valence-corrected chi connectivity index (χ4v) is 3.39. The number of nitrogens with two attached hydrogens (primary N) is 1. The number of hydrogen-bond donors (Lipinski definition) is 1. The van der Waals surface area contributed by atoms with E-state index >= 15 is 0 Å². The summed E-state index contributed by atoms with van der Waals surface area (Å²) in [5, 5.41) is 0.324. The Labute approximate surface area is 133 Å². The molecule has 0 aliphatic heterocycles. The maximum absolute atomic E-state index is 6.30. The highest BCUT2D eigenvalue weighted by Gasteiger charge is 2.30. The van der Waals surface area contributed by atoms with E-state index in [4.69, 9.17) is 38.4 Å². The van der Waals surface area contributed by atoms with Gasteiger partial charge < -0.3 is 15.2 Å². The number of halogens is 2. The summed E-state index contributed by atoms with van der Waals surface area (Å²) in [6, 6.07) is 0. The van der Waals surface area contributed by atoms with Gasteiger partial charge in [-0.3, -0.25) is 0 Å². The van der Waals surface area contributed by atoms with Crippen molar-refractivity contribution < 1.29 is 9.47 Å². The van der Waals surface area contributed by atoms with Crippen LogP contribution in [0.25, 0.3) is 0 Å². The Hall–Kier alpha value is 0.460. The van der Waals surface area contributed by atoms with Crippen LogP contribution in [0.4, 0.5) is 0 Å². The Morgan fingerprint density at radius 2 is 1.50 bits per heavy atom. The van der Waals surface area contributed by atoms with E-state index in [0.717, 1.165) is 45.3 Å². The molecule has 2 unspecified atom stereocenters. The summed E-state index contributed by atoms with van der Waals surface area (Å²) in [6.45, 7) is 3.55. The van der Waals surface area contributed by atoms with Gasteiger partial charge in [0.15, 0.2) is 0 Å². The van der Waals surface area contributed by atoms with Crippen LogP contribution in [0.15, 0.2) is 0 Å². The van der Waals surface area contributed by atoms with Gasteiger partial charge in [-0.25, -0.2) is 0 Å². The first kappa shape index (κ1) is 18.5. The van der Waals surface area contributed by atoms with Gasteiger partial charge in [-0.05, 0) is 32.2 Å². The molecule has 2 N–H and O–H groups in total. The van der Waals surface area contributed by atoms with Crippen LogP contribution >= 0.6 is 23.2 Å². The molecule has 1 aliphatic rings. The van der Waals surface area contributed by atoms with E-state index in [1.807, 2.05) is 0 Å². The molecule has 1 aliphatic carbocycles. The van der Waals surface area contributed by atoms with Crippen molar-refractivity contribution in [2.24, 2.45) is 11.7 Å². The number of unbranched alkanes of at least 4 members (excludes halogenated alkanes) is 3. The molecule has 0 spiro atoms. The predicted octanol–water partition coefficient (Wildman–Crippen LogP) is 3.55. The SMILES string of the molecule is NCCCCCCOCCOCC1C(Cl)CCCC1Cl. The van der Waals surface area contributed by atoms with E-state index in [1.54, 1.807) is 0 Å². The number of alkyl halides is 2. The first-order valence-electron chi connectivity index (χ1n) is 7.89. The van der Waals surface area contributed by atoms with Crippen molar-refractivity contribution in [3.05, 3.63) is 0 Å². The van der Waals surface area contributed by atoms with Crippen LogP contribution < -0.4 is 5.73 Å². The average molecular weight is 326 g/mol. The standard InChI is InChI=1S/C15H29Cl2NO2/c16-14-6-5-7-15(17)13(14)12-20-11-10-19-9-4-2-1-3-8-18/h13-15H,1-12,18H2. The second-order valence-corrected chi connectivity index (χ2v) is 6.64. The second kappa shape index (κ2) is 12.0. The Bertz CT molecular complexity index is 222. The molecule has 0 amide bonds. The molecule has 0 aromatic heterocycles. The number of ether oxygens (including phenoxy) is 2. The third kappa shape index (κ3) is 8.04. The predicted molar refractivity (Wildman–Crippen MR) is 85.8 cm³/mol. The van der Waals surface area contributed by atoms with Crippen LogP contribution in [0, 0.1) is 5.92 Å². The van der Waals surface area contributed by atoms with E-state index in [0.29, 0.717) is 19.8 Å². The normalized spacial score (nSPS) is 26.9. The van der Waals surface area contributed by atoms with Crippen LogP contribution in [0.3, 0.4) is 0 Å². The molecule has 1 rings (SSSR count). The maximum atomic E-state index is 6.30. The molecule has 5 heteroatoms. The van der Waals surface area contributed by atoms with Crippen molar-refractivity contribution in [1.29, 1.82) is 0 Å². The zero-order valence-corrected chi connectivity index (χ0v) is 13.9. The Morgan fingerprint density at radius 1 is 0.850 bits per heavy atom. The first-order chi connectivity index (χ1) is 9.75. The van der Waals surface area contributed by atoms with Crippen molar-refractivity contribution in [3.63, 3.8) is 0 Å². The van der Waals surface area contributed by atoms with Crippen LogP contribution in [0.2, 0.25) is 0 Å². The van der Waals surface area contributed by atoms with E-state index in [2.05, 4.69) is 0 Å². The zero-order valence-electron chi connectivity index (χ0n) is 12.4. The molecule has 0 aromatic rings. The first-order valence-corrected chi connectivity index (χ1v) is 8.76. The van der Waals surface area contributed by atoms with Gasteiger partial charge in [0, 0.05) is 23.3 Å². The molecule has 1 fully saturated rings. The van der Waals surface area contributed by atoms with E-state index in [1.165, 1.54) is 12.8 Å². The topological polar surface area (TPSA) is 44.5 Å². The molecule has 0 aromatic carbocycles. The average Bonchev–Trinajstić information content (AvgIpc) is 2.43. The molecule has 0 heterocycles. The fraction of sp³-hybridized carbons (Fsp3) is 1.00. The third-order valence-corrected chi connectivity index (χ3v) is 4.90. The molecule has 2 atom stereocenters. The molecular formula is C15H29Cl2NO2. The van der Waals surface area contributed by atoms with Crippen LogP contribution in [0.5, 0.6) is 0 Å². The van der Waals surface area contributed by atoms with E-state index < -0.39 is 0 Å². The molecule has 3 nitrogen and oxygen atoms in total. The Balaban J connectivity index is 1.89. The highest BCUT2D eigenvalue weighted by Crippen LogP contribution is 2.32. The van der Waals surface area contributed by atoms with Gasteiger partial charge in [0.05, 0.1) is 19.8 Å². The largest absolute Gasteiger partial charge is 0.379 e. The summed E-state index contributed by atoms with van der Waals surface area (Å²) in [5.74, 6) is 0.281. The minimum atomic E-state index is 0.162. The summed E-state index contributed by atoms with van der Waals surface area (Å²) in [4.78, 5) is 0. The zero-order chi connectivity index (χ0) is 14.6. The highest BCUT2D eigenvalue weighted by atomic mass is 35.5. The van der Waals surface area contributed by atoms with Crippen LogP contribution in [0.1, 0.15) is 44.9 Å². The van der Waals surface area contributed by atoms with E-state index in [9.17, 15) is 0 Å². The summed E-state index contributed by atoms with van der Waals surface area (Å²) < 4.78 is 11.2. The minimum absolute atomic E-state index is 0.162. The lowest BCUT2D eigenvalue weighted by atomic mass is 9.89. The van der Waals surface area contributed by atoms with Crippen LogP contribution in [-0.4, -0.2) is 43.7 Å². The molecule has 1 saturated carbocycles. The molecule has 20 heavy (non-hydrogen) atoms. The van der Waals surface area contributed by atoms with Gasteiger partial charge in [0.1, 0.15) is 0 Å². The lowest BCUT2D eigenvalue weighted by Gasteiger charge is -2.31. The number of rotatable bonds is 11. The smallest absolute Gasteiger partial charge is 0.0700 e. The van der Waals surface area contributed by atoms with Gasteiger partial charge in [-0.15, -0.1) is 23.2 Å². The minimum Gasteiger partial charge on any atom is -0.379 e. The van der Waals surface area contributed by atoms with Crippen molar-refractivity contribution in [3.8, 4) is 0 Å². The van der Waals surface area contributed by atoms with E-state index in [-0.39, 0.29) is 16.7 Å². The molecular weight excluding hydrogens is 297 g/mol. The number of hydrogen-bond acceptors (Lipinski definition) is 3. The molecule has 0 radical (unpaired) electrons. The monoisotopic (exact) mass is 325 g/mol. The summed E-state index contributed by atoms with van der Waals surface area (Å²) in [5.41, 5.74) is 5.44. The van der Waals surface area contributed by atoms with Gasteiger partial charge in [-0.2, -0.15) is 0 Å². The van der Waals surface area contributed by atoms with Crippen LogP contribution in [-0.2, 0) is 9.47 Å². The summed E-state index contributed by atoms with van der Waals surface area (Å²) in [7, 11) is 0. The van der Waals surface area contributed by atoms with Gasteiger partial charge in [-0.1, -0.05) is 19.3 Å².